The van der Waals surface area contributed by atoms with E-state index in [1.54, 1.807) is 25.4 Å². The number of methoxy groups -OCH3 is 1. The fraction of sp³-hybridized carbons (Fsp3) is 0.154. The van der Waals surface area contributed by atoms with Crippen LogP contribution >= 0.6 is 11.3 Å². The molecule has 0 aliphatic rings. The molecular weight excluding hydrogens is 420 g/mol. The Balaban J connectivity index is 1.88. The van der Waals surface area contributed by atoms with Gasteiger partial charge in [-0.05, 0) is 55.6 Å². The molecule has 2 heterocycles. The fourth-order valence-electron chi connectivity index (χ4n) is 3.37. The van der Waals surface area contributed by atoms with E-state index in [2.05, 4.69) is 31.2 Å². The summed E-state index contributed by atoms with van der Waals surface area (Å²) in [7, 11) is 1.65. The Labute approximate surface area is 191 Å². The third-order valence-corrected chi connectivity index (χ3v) is 5.89. The summed E-state index contributed by atoms with van der Waals surface area (Å²) in [6.45, 7) is 4.18. The van der Waals surface area contributed by atoms with E-state index in [9.17, 15) is 4.79 Å². The van der Waals surface area contributed by atoms with Gasteiger partial charge in [0.2, 0.25) is 0 Å². The number of hydrogen-bond donors (Lipinski definition) is 0. The minimum Gasteiger partial charge on any atom is -0.497 e. The van der Waals surface area contributed by atoms with Crippen molar-refractivity contribution in [1.82, 2.24) is 9.78 Å². The van der Waals surface area contributed by atoms with Crippen molar-refractivity contribution < 1.29 is 14.3 Å². The van der Waals surface area contributed by atoms with Crippen LogP contribution in [0.2, 0.25) is 0 Å². The maximum atomic E-state index is 12.3. The lowest BCUT2D eigenvalue weighted by molar-refractivity contribution is -0.137. The van der Waals surface area contributed by atoms with Crippen LogP contribution in [0.25, 0.3) is 22.5 Å². The van der Waals surface area contributed by atoms with Crippen LogP contribution in [0.4, 0.5) is 0 Å². The lowest BCUT2D eigenvalue weighted by Crippen LogP contribution is -2.02. The second kappa shape index (κ2) is 9.66. The van der Waals surface area contributed by atoms with E-state index in [-0.39, 0.29) is 5.97 Å². The van der Waals surface area contributed by atoms with Gasteiger partial charge in [-0.2, -0.15) is 5.10 Å². The minimum atomic E-state index is -0.383. The molecule has 0 N–H and O–H groups in total. The number of carbonyl (C=O) groups is 1. The molecule has 2 aromatic heterocycles. The highest BCUT2D eigenvalue weighted by Crippen LogP contribution is 2.32. The van der Waals surface area contributed by atoms with Crippen molar-refractivity contribution >= 4 is 22.9 Å². The van der Waals surface area contributed by atoms with E-state index < -0.39 is 0 Å². The summed E-state index contributed by atoms with van der Waals surface area (Å²) in [4.78, 5) is 13.3. The van der Waals surface area contributed by atoms with Gasteiger partial charge in [0, 0.05) is 22.1 Å². The Morgan fingerprint density at radius 2 is 1.84 bits per heavy atom. The average molecular weight is 445 g/mol. The zero-order valence-corrected chi connectivity index (χ0v) is 19.1. The van der Waals surface area contributed by atoms with Gasteiger partial charge in [-0.25, -0.2) is 9.48 Å². The number of aryl methyl sites for hydroxylation is 1. The summed E-state index contributed by atoms with van der Waals surface area (Å²) >= 11 is 1.56. The minimum absolute atomic E-state index is 0.321. The summed E-state index contributed by atoms with van der Waals surface area (Å²) in [6.07, 6.45) is 1.52. The van der Waals surface area contributed by atoms with E-state index in [1.807, 2.05) is 52.5 Å². The van der Waals surface area contributed by atoms with E-state index >= 15 is 0 Å². The molecule has 0 saturated heterocycles. The molecule has 6 heteroatoms. The monoisotopic (exact) mass is 444 g/mol. The first-order chi connectivity index (χ1) is 15.6. The van der Waals surface area contributed by atoms with Crippen LogP contribution in [-0.4, -0.2) is 29.5 Å². The number of benzene rings is 2. The van der Waals surface area contributed by atoms with Crippen LogP contribution in [0.5, 0.6) is 5.75 Å². The topological polar surface area (TPSA) is 53.4 Å². The molecule has 0 aliphatic carbocycles. The number of hydrogen-bond acceptors (Lipinski definition) is 5. The lowest BCUT2D eigenvalue weighted by atomic mass is 10.1. The fourth-order valence-corrected chi connectivity index (χ4v) is 4.12. The Bertz CT molecular complexity index is 1220. The molecule has 0 amide bonds. The van der Waals surface area contributed by atoms with Gasteiger partial charge in [0.1, 0.15) is 5.75 Å². The normalized spacial score (nSPS) is 11.4. The second-order valence-corrected chi connectivity index (χ2v) is 8.13. The molecule has 4 rings (SSSR count). The van der Waals surface area contributed by atoms with Crippen molar-refractivity contribution in [3.05, 3.63) is 94.3 Å². The summed E-state index contributed by atoms with van der Waals surface area (Å²) in [5.74, 6) is 0.395. The van der Waals surface area contributed by atoms with Crippen LogP contribution in [0.15, 0.2) is 78.2 Å². The van der Waals surface area contributed by atoms with Gasteiger partial charge >= 0.3 is 5.97 Å². The zero-order chi connectivity index (χ0) is 22.5. The molecule has 4 aromatic rings. The van der Waals surface area contributed by atoms with Crippen LogP contribution in [0, 0.1) is 6.92 Å². The van der Waals surface area contributed by atoms with Gasteiger partial charge in [0.25, 0.3) is 0 Å². The van der Waals surface area contributed by atoms with Gasteiger partial charge in [-0.15, -0.1) is 11.3 Å². The summed E-state index contributed by atoms with van der Waals surface area (Å²) in [6, 6.07) is 22.0. The van der Waals surface area contributed by atoms with E-state index in [4.69, 9.17) is 14.6 Å². The van der Waals surface area contributed by atoms with Crippen molar-refractivity contribution in [3.63, 3.8) is 0 Å². The van der Waals surface area contributed by atoms with Crippen molar-refractivity contribution in [1.29, 1.82) is 0 Å². The van der Waals surface area contributed by atoms with Crippen molar-refractivity contribution in [2.45, 2.75) is 13.8 Å². The molecule has 162 valence electrons. The molecule has 5 nitrogen and oxygen atoms in total. The average Bonchev–Trinajstić information content (AvgIpc) is 3.49. The Morgan fingerprint density at radius 1 is 1.09 bits per heavy atom. The third kappa shape index (κ3) is 4.65. The molecule has 0 saturated carbocycles. The molecule has 0 fully saturated rings. The molecule has 0 bridgehead atoms. The Hall–Kier alpha value is -3.64. The van der Waals surface area contributed by atoms with E-state index in [0.717, 1.165) is 33.1 Å². The predicted molar refractivity (Wildman–Crippen MR) is 128 cm³/mol. The SMILES string of the molecule is CCOC(=O)/C=C(\c1cc(-c2ccc(C)cc2)n(-c2ccc(OC)cc2)n1)c1cccs1. The highest BCUT2D eigenvalue weighted by atomic mass is 32.1. The number of ether oxygens (including phenoxy) is 2. The highest BCUT2D eigenvalue weighted by molar-refractivity contribution is 7.11. The van der Waals surface area contributed by atoms with Crippen LogP contribution in [-0.2, 0) is 9.53 Å². The van der Waals surface area contributed by atoms with Crippen molar-refractivity contribution in [3.8, 4) is 22.7 Å². The first kappa shape index (κ1) is 21.6. The number of aromatic nitrogens is 2. The number of nitrogens with zero attached hydrogens (tertiary/aromatic N) is 2. The lowest BCUT2D eigenvalue weighted by Gasteiger charge is -2.09. The number of esters is 1. The molecule has 2 aromatic carbocycles. The first-order valence-corrected chi connectivity index (χ1v) is 11.2. The van der Waals surface area contributed by atoms with Gasteiger partial charge in [-0.1, -0.05) is 35.9 Å². The highest BCUT2D eigenvalue weighted by Gasteiger charge is 2.18. The van der Waals surface area contributed by atoms with E-state index in [0.29, 0.717) is 12.3 Å². The number of rotatable bonds is 7. The maximum absolute atomic E-state index is 12.3. The summed E-state index contributed by atoms with van der Waals surface area (Å²) < 4.78 is 12.4. The molecule has 0 unspecified atom stereocenters. The second-order valence-electron chi connectivity index (χ2n) is 7.18. The van der Waals surface area contributed by atoms with Gasteiger partial charge < -0.3 is 9.47 Å². The van der Waals surface area contributed by atoms with E-state index in [1.165, 1.54) is 11.6 Å². The van der Waals surface area contributed by atoms with Gasteiger partial charge in [0.05, 0.1) is 30.8 Å². The van der Waals surface area contributed by atoms with Crippen LogP contribution < -0.4 is 4.74 Å². The number of thiophene rings is 1. The van der Waals surface area contributed by atoms with Crippen molar-refractivity contribution in [2.75, 3.05) is 13.7 Å². The zero-order valence-electron chi connectivity index (χ0n) is 18.2. The molecule has 0 atom stereocenters. The molecule has 0 spiro atoms. The predicted octanol–water partition coefficient (Wildman–Crippen LogP) is 5.91. The van der Waals surface area contributed by atoms with Gasteiger partial charge in [-0.3, -0.25) is 0 Å². The third-order valence-electron chi connectivity index (χ3n) is 4.99. The number of carbonyl (C=O) groups excluding carboxylic acids is 1. The molecule has 32 heavy (non-hydrogen) atoms. The quantitative estimate of drug-likeness (QED) is 0.263. The first-order valence-electron chi connectivity index (χ1n) is 10.3. The van der Waals surface area contributed by atoms with Crippen LogP contribution in [0.3, 0.4) is 0 Å². The summed E-state index contributed by atoms with van der Waals surface area (Å²) in [5.41, 5.74) is 5.48. The molecule has 0 aliphatic heterocycles. The smallest absolute Gasteiger partial charge is 0.331 e. The standard InChI is InChI=1S/C26H24N2O3S/c1-4-31-26(29)16-22(25-6-5-15-32-25)23-17-24(19-9-7-18(2)8-10-19)28(27-23)20-11-13-21(30-3)14-12-20/h5-17H,4H2,1-3H3/b22-16+. The van der Waals surface area contributed by atoms with Crippen LogP contribution in [0.1, 0.15) is 23.1 Å². The summed E-state index contributed by atoms with van der Waals surface area (Å²) in [5, 5.41) is 6.89. The Morgan fingerprint density at radius 3 is 2.47 bits per heavy atom. The largest absolute Gasteiger partial charge is 0.497 e. The Kier molecular flexibility index (Phi) is 6.52. The van der Waals surface area contributed by atoms with Gasteiger partial charge in [0.15, 0.2) is 0 Å². The molecular formula is C26H24N2O3S. The van der Waals surface area contributed by atoms with Crippen molar-refractivity contribution in [2.24, 2.45) is 0 Å². The molecule has 0 radical (unpaired) electrons. The maximum Gasteiger partial charge on any atom is 0.331 e.